The molecule has 0 atom stereocenters. The number of benzene rings is 2. The molecule has 1 N–H and O–H groups in total. The van der Waals surface area contributed by atoms with Crippen molar-refractivity contribution in [1.82, 2.24) is 4.98 Å². The molecular weight excluding hydrogens is 354 g/mol. The average molecular weight is 375 g/mol. The Labute approximate surface area is 163 Å². The molecule has 0 unspecified atom stereocenters. The average Bonchev–Trinajstić information content (AvgIpc) is 3.13. The van der Waals surface area contributed by atoms with Gasteiger partial charge in [-0.15, -0.1) is 11.3 Å². The lowest BCUT2D eigenvalue weighted by Crippen LogP contribution is -1.93. The Hall–Kier alpha value is -3.10. The van der Waals surface area contributed by atoms with E-state index in [4.69, 9.17) is 4.74 Å². The molecule has 1 heterocycles. The highest BCUT2D eigenvalue weighted by Gasteiger charge is 2.10. The Morgan fingerprint density at radius 3 is 2.67 bits per heavy atom. The monoisotopic (exact) mass is 375 g/mol. The molecular formula is C22H21N3OS. The van der Waals surface area contributed by atoms with Crippen LogP contribution in [0.1, 0.15) is 23.1 Å². The van der Waals surface area contributed by atoms with Gasteiger partial charge in [-0.2, -0.15) is 5.26 Å². The molecule has 0 bridgehead atoms. The van der Waals surface area contributed by atoms with Crippen LogP contribution in [0.3, 0.4) is 0 Å². The molecule has 0 aliphatic heterocycles. The van der Waals surface area contributed by atoms with Crippen molar-refractivity contribution in [3.63, 3.8) is 0 Å². The van der Waals surface area contributed by atoms with Gasteiger partial charge in [-0.1, -0.05) is 23.8 Å². The van der Waals surface area contributed by atoms with Crippen molar-refractivity contribution in [3.05, 3.63) is 70.2 Å². The lowest BCUT2D eigenvalue weighted by molar-refractivity contribution is 0.340. The van der Waals surface area contributed by atoms with Crippen molar-refractivity contribution in [2.45, 2.75) is 20.8 Å². The molecule has 5 heteroatoms. The van der Waals surface area contributed by atoms with Crippen LogP contribution < -0.4 is 10.1 Å². The van der Waals surface area contributed by atoms with Crippen molar-refractivity contribution in [2.24, 2.45) is 0 Å². The van der Waals surface area contributed by atoms with Gasteiger partial charge in [-0.05, 0) is 50.6 Å². The topological polar surface area (TPSA) is 57.9 Å². The van der Waals surface area contributed by atoms with E-state index in [2.05, 4.69) is 48.4 Å². The molecule has 0 aliphatic rings. The highest BCUT2D eigenvalue weighted by atomic mass is 32.1. The van der Waals surface area contributed by atoms with Crippen LogP contribution in [0.2, 0.25) is 0 Å². The zero-order valence-corrected chi connectivity index (χ0v) is 16.4. The Morgan fingerprint density at radius 1 is 1.22 bits per heavy atom. The summed E-state index contributed by atoms with van der Waals surface area (Å²) in [5, 5.41) is 15.4. The van der Waals surface area contributed by atoms with Gasteiger partial charge >= 0.3 is 0 Å². The van der Waals surface area contributed by atoms with E-state index < -0.39 is 0 Å². The summed E-state index contributed by atoms with van der Waals surface area (Å²) in [5.41, 5.74) is 5.79. The Bertz CT molecular complexity index is 997. The first-order valence-corrected chi connectivity index (χ1v) is 9.62. The number of nitrogens with one attached hydrogen (secondary N) is 1. The molecule has 3 aromatic rings. The molecule has 0 saturated carbocycles. The second-order valence-electron chi connectivity index (χ2n) is 6.13. The first kappa shape index (κ1) is 18.7. The molecule has 4 nitrogen and oxygen atoms in total. The third-order valence-corrected chi connectivity index (χ3v) is 4.94. The predicted molar refractivity (Wildman–Crippen MR) is 112 cm³/mol. The van der Waals surface area contributed by atoms with Gasteiger partial charge in [-0.3, -0.25) is 0 Å². The summed E-state index contributed by atoms with van der Waals surface area (Å²) >= 11 is 1.47. The maximum Gasteiger partial charge on any atom is 0.136 e. The fourth-order valence-corrected chi connectivity index (χ4v) is 3.52. The van der Waals surface area contributed by atoms with Crippen LogP contribution in [0.4, 0.5) is 5.69 Å². The van der Waals surface area contributed by atoms with Crippen molar-refractivity contribution in [1.29, 1.82) is 5.26 Å². The molecule has 0 saturated heterocycles. The molecule has 1 aromatic heterocycles. The molecule has 27 heavy (non-hydrogen) atoms. The van der Waals surface area contributed by atoms with E-state index >= 15 is 0 Å². The molecule has 0 amide bonds. The van der Waals surface area contributed by atoms with Gasteiger partial charge < -0.3 is 10.1 Å². The van der Waals surface area contributed by atoms with Crippen molar-refractivity contribution >= 4 is 22.6 Å². The van der Waals surface area contributed by atoms with Crippen molar-refractivity contribution in [3.8, 4) is 23.1 Å². The summed E-state index contributed by atoms with van der Waals surface area (Å²) < 4.78 is 5.43. The number of ether oxygens (including phenoxy) is 1. The summed E-state index contributed by atoms with van der Waals surface area (Å²) in [6.07, 6.45) is 1.69. The SMILES string of the molecule is CCOc1ccc(N/C=C(\C#N)c2nc(-c3ccc(C)cc3C)cs2)cc1. The number of nitrogens with zero attached hydrogens (tertiary/aromatic N) is 2. The van der Waals surface area contributed by atoms with Crippen LogP contribution in [0, 0.1) is 25.2 Å². The molecule has 0 fully saturated rings. The normalized spacial score (nSPS) is 11.1. The highest BCUT2D eigenvalue weighted by molar-refractivity contribution is 7.11. The molecule has 0 spiro atoms. The van der Waals surface area contributed by atoms with Crippen LogP contribution >= 0.6 is 11.3 Å². The zero-order valence-electron chi connectivity index (χ0n) is 15.6. The van der Waals surface area contributed by atoms with Crippen LogP contribution in [0.5, 0.6) is 5.75 Å². The number of hydrogen-bond acceptors (Lipinski definition) is 5. The number of anilines is 1. The minimum atomic E-state index is 0.505. The summed E-state index contributed by atoms with van der Waals surface area (Å²) in [6.45, 7) is 6.74. The van der Waals surface area contributed by atoms with Gasteiger partial charge in [0.15, 0.2) is 0 Å². The maximum atomic E-state index is 9.53. The largest absolute Gasteiger partial charge is 0.494 e. The summed E-state index contributed by atoms with van der Waals surface area (Å²) in [6, 6.07) is 16.2. The first-order valence-electron chi connectivity index (χ1n) is 8.74. The maximum absolute atomic E-state index is 9.53. The molecule has 0 aliphatic carbocycles. The fraction of sp³-hybridized carbons (Fsp3) is 0.182. The molecule has 2 aromatic carbocycles. The standard InChI is InChI=1S/C22H21N3OS/c1-4-26-19-8-6-18(7-9-19)24-13-17(12-23)22-25-21(14-27-22)20-10-5-15(2)11-16(20)3/h5-11,13-14,24H,4H2,1-3H3/b17-13+. The highest BCUT2D eigenvalue weighted by Crippen LogP contribution is 2.28. The summed E-state index contributed by atoms with van der Waals surface area (Å²) in [4.78, 5) is 4.66. The number of rotatable bonds is 6. The summed E-state index contributed by atoms with van der Waals surface area (Å²) in [5.74, 6) is 0.825. The number of nitriles is 1. The van der Waals surface area contributed by atoms with Gasteiger partial charge in [0.25, 0.3) is 0 Å². The van der Waals surface area contributed by atoms with Crippen LogP contribution in [-0.4, -0.2) is 11.6 Å². The van der Waals surface area contributed by atoms with E-state index in [1.807, 2.05) is 36.6 Å². The Kier molecular flexibility index (Phi) is 5.90. The van der Waals surface area contributed by atoms with Gasteiger partial charge in [0.05, 0.1) is 12.3 Å². The molecule has 136 valence electrons. The number of thiazole rings is 1. The predicted octanol–water partition coefficient (Wildman–Crippen LogP) is 5.80. The van der Waals surface area contributed by atoms with Gasteiger partial charge in [0.1, 0.15) is 22.4 Å². The zero-order chi connectivity index (χ0) is 19.2. The van der Waals surface area contributed by atoms with Crippen molar-refractivity contribution < 1.29 is 4.74 Å². The quantitative estimate of drug-likeness (QED) is 0.553. The van der Waals surface area contributed by atoms with E-state index in [-0.39, 0.29) is 0 Å². The number of aryl methyl sites for hydroxylation is 2. The fourth-order valence-electron chi connectivity index (χ4n) is 2.73. The minimum Gasteiger partial charge on any atom is -0.494 e. The van der Waals surface area contributed by atoms with E-state index in [9.17, 15) is 5.26 Å². The smallest absolute Gasteiger partial charge is 0.136 e. The Morgan fingerprint density at radius 2 is 2.00 bits per heavy atom. The van der Waals surface area contributed by atoms with Crippen LogP contribution in [0.25, 0.3) is 16.8 Å². The molecule has 3 rings (SSSR count). The van der Waals surface area contributed by atoms with E-state index in [0.717, 1.165) is 22.7 Å². The van der Waals surface area contributed by atoms with E-state index in [1.165, 1.54) is 22.5 Å². The third kappa shape index (κ3) is 4.55. The minimum absolute atomic E-state index is 0.505. The second-order valence-corrected chi connectivity index (χ2v) is 6.99. The van der Waals surface area contributed by atoms with Gasteiger partial charge in [-0.25, -0.2) is 4.98 Å². The molecule has 0 radical (unpaired) electrons. The van der Waals surface area contributed by atoms with E-state index in [0.29, 0.717) is 17.2 Å². The summed E-state index contributed by atoms with van der Waals surface area (Å²) in [7, 11) is 0. The van der Waals surface area contributed by atoms with Crippen LogP contribution in [-0.2, 0) is 0 Å². The Balaban J connectivity index is 1.78. The first-order chi connectivity index (χ1) is 13.1. The number of aromatic nitrogens is 1. The number of hydrogen-bond donors (Lipinski definition) is 1. The number of allylic oxidation sites excluding steroid dienone is 1. The van der Waals surface area contributed by atoms with E-state index in [1.54, 1.807) is 6.20 Å². The van der Waals surface area contributed by atoms with Gasteiger partial charge in [0, 0.05) is 22.8 Å². The van der Waals surface area contributed by atoms with Crippen LogP contribution in [0.15, 0.2) is 54.0 Å². The van der Waals surface area contributed by atoms with Crippen molar-refractivity contribution in [2.75, 3.05) is 11.9 Å². The lowest BCUT2D eigenvalue weighted by atomic mass is 10.0. The lowest BCUT2D eigenvalue weighted by Gasteiger charge is -2.05. The van der Waals surface area contributed by atoms with Gasteiger partial charge in [0.2, 0.25) is 0 Å². The second kappa shape index (κ2) is 8.52. The third-order valence-electron chi connectivity index (χ3n) is 4.06.